The second-order valence-corrected chi connectivity index (χ2v) is 6.61. The van der Waals surface area contributed by atoms with Crippen LogP contribution >= 0.6 is 12.2 Å². The molecule has 2 heterocycles. The van der Waals surface area contributed by atoms with Crippen LogP contribution in [0.5, 0.6) is 0 Å². The lowest BCUT2D eigenvalue weighted by Gasteiger charge is -2.44. The van der Waals surface area contributed by atoms with Gasteiger partial charge in [0.2, 0.25) is 5.96 Å². The van der Waals surface area contributed by atoms with Crippen molar-refractivity contribution in [1.29, 1.82) is 0 Å². The second-order valence-electron chi connectivity index (χ2n) is 6.22. The Balaban J connectivity index is 2.21. The number of allylic oxidation sites excluding steroid dienone is 1. The van der Waals surface area contributed by atoms with Gasteiger partial charge in [0.1, 0.15) is 6.04 Å². The summed E-state index contributed by atoms with van der Waals surface area (Å²) in [6.07, 6.45) is 0. The van der Waals surface area contributed by atoms with Crippen LogP contribution in [0.1, 0.15) is 39.3 Å². The first kappa shape index (κ1) is 17.4. The third-order valence-corrected chi connectivity index (χ3v) is 4.35. The zero-order chi connectivity index (χ0) is 18.1. The fourth-order valence-corrected chi connectivity index (χ4v) is 3.44. The molecular formula is C18H22N4O2S. The number of nitrogens with zero attached hydrogens (tertiary/aromatic N) is 2. The number of esters is 1. The molecule has 0 amide bonds. The molecule has 6 nitrogen and oxygen atoms in total. The second kappa shape index (κ2) is 6.84. The fraction of sp³-hybridized carbons (Fsp3) is 0.389. The van der Waals surface area contributed by atoms with Crippen molar-refractivity contribution in [3.63, 3.8) is 0 Å². The van der Waals surface area contributed by atoms with E-state index < -0.39 is 0 Å². The van der Waals surface area contributed by atoms with Crippen molar-refractivity contribution in [2.75, 3.05) is 11.9 Å². The molecule has 3 rings (SSSR count). The molecular weight excluding hydrogens is 336 g/mol. The number of carbonyl (C=O) groups excluding carboxylic acids is 1. The summed E-state index contributed by atoms with van der Waals surface area (Å²) in [5.74, 6) is 0.288. The average molecular weight is 358 g/mol. The van der Waals surface area contributed by atoms with E-state index in [2.05, 4.69) is 15.6 Å². The zero-order valence-electron chi connectivity index (χ0n) is 14.8. The maximum absolute atomic E-state index is 12.7. The van der Waals surface area contributed by atoms with Crippen LogP contribution in [-0.2, 0) is 9.53 Å². The predicted molar refractivity (Wildman–Crippen MR) is 102 cm³/mol. The minimum absolute atomic E-state index is 0.0780. The Hall–Kier alpha value is -2.41. The quantitative estimate of drug-likeness (QED) is 0.640. The molecule has 0 radical (unpaired) electrons. The molecule has 0 spiro atoms. The van der Waals surface area contributed by atoms with E-state index in [1.54, 1.807) is 6.92 Å². The number of fused-ring (bicyclic) bond motifs is 3. The highest BCUT2D eigenvalue weighted by Gasteiger charge is 2.42. The van der Waals surface area contributed by atoms with Crippen LogP contribution in [0.2, 0.25) is 0 Å². The van der Waals surface area contributed by atoms with E-state index in [4.69, 9.17) is 17.0 Å². The number of nitrogens with one attached hydrogen (secondary N) is 2. The molecule has 0 aliphatic carbocycles. The van der Waals surface area contributed by atoms with E-state index in [0.717, 1.165) is 11.3 Å². The minimum Gasteiger partial charge on any atom is -0.463 e. The summed E-state index contributed by atoms with van der Waals surface area (Å²) in [7, 11) is 0. The summed E-state index contributed by atoms with van der Waals surface area (Å²) in [4.78, 5) is 19.2. The van der Waals surface area contributed by atoms with Gasteiger partial charge in [0, 0.05) is 23.0 Å². The van der Waals surface area contributed by atoms with Gasteiger partial charge < -0.3 is 15.4 Å². The smallest absolute Gasteiger partial charge is 0.338 e. The summed E-state index contributed by atoms with van der Waals surface area (Å²) < 4.78 is 5.30. The molecule has 7 heteroatoms. The third kappa shape index (κ3) is 3.11. The molecule has 0 fully saturated rings. The van der Waals surface area contributed by atoms with Crippen LogP contribution in [0.15, 0.2) is 40.5 Å². The van der Waals surface area contributed by atoms with Crippen molar-refractivity contribution >= 4 is 34.9 Å². The Morgan fingerprint density at radius 3 is 2.76 bits per heavy atom. The number of hydrogen-bond donors (Lipinski definition) is 2. The zero-order valence-corrected chi connectivity index (χ0v) is 15.6. The monoisotopic (exact) mass is 358 g/mol. The van der Waals surface area contributed by atoms with Gasteiger partial charge in [0.15, 0.2) is 5.11 Å². The Labute approximate surface area is 152 Å². The molecule has 0 saturated carbocycles. The number of ether oxygens (including phenoxy) is 1. The summed E-state index contributed by atoms with van der Waals surface area (Å²) in [5, 5.41) is 6.97. The highest BCUT2D eigenvalue weighted by atomic mass is 32.1. The highest BCUT2D eigenvalue weighted by Crippen LogP contribution is 2.41. The summed E-state index contributed by atoms with van der Waals surface area (Å²) >= 11 is 5.55. The molecule has 0 bridgehead atoms. The van der Waals surface area contributed by atoms with Crippen molar-refractivity contribution in [1.82, 2.24) is 10.2 Å². The molecule has 25 heavy (non-hydrogen) atoms. The Morgan fingerprint density at radius 2 is 2.08 bits per heavy atom. The van der Waals surface area contributed by atoms with Crippen LogP contribution in [-0.4, -0.2) is 34.6 Å². The van der Waals surface area contributed by atoms with Crippen molar-refractivity contribution < 1.29 is 9.53 Å². The van der Waals surface area contributed by atoms with Crippen LogP contribution in [0.25, 0.3) is 0 Å². The molecule has 1 atom stereocenters. The topological polar surface area (TPSA) is 66.0 Å². The summed E-state index contributed by atoms with van der Waals surface area (Å²) in [6.45, 7) is 7.96. The van der Waals surface area contributed by atoms with E-state index in [1.165, 1.54) is 0 Å². The maximum Gasteiger partial charge on any atom is 0.338 e. The van der Waals surface area contributed by atoms with E-state index in [0.29, 0.717) is 28.9 Å². The molecule has 0 saturated heterocycles. The number of aliphatic imine (C=N–C) groups is 1. The number of rotatable bonds is 3. The Bertz CT molecular complexity index is 785. The molecule has 2 aliphatic rings. The Kier molecular flexibility index (Phi) is 4.76. The SMILES string of the molecule is CCOC(=O)C1=C(C)NC(=S)N2C(=NC(C)C)Nc3ccccc3[C@@H]12. The van der Waals surface area contributed by atoms with Crippen molar-refractivity contribution in [2.24, 2.45) is 4.99 Å². The number of guanidine groups is 1. The molecule has 132 valence electrons. The Morgan fingerprint density at radius 1 is 1.36 bits per heavy atom. The van der Waals surface area contributed by atoms with E-state index in [-0.39, 0.29) is 18.1 Å². The number of thiocarbonyl (C=S) groups is 1. The van der Waals surface area contributed by atoms with E-state index in [9.17, 15) is 4.79 Å². The first-order valence-corrected chi connectivity index (χ1v) is 8.76. The summed E-state index contributed by atoms with van der Waals surface area (Å²) in [5.41, 5.74) is 3.16. The van der Waals surface area contributed by atoms with Gasteiger partial charge in [0.25, 0.3) is 0 Å². The van der Waals surface area contributed by atoms with Crippen LogP contribution in [0.3, 0.4) is 0 Å². The number of carbonyl (C=O) groups is 1. The van der Waals surface area contributed by atoms with Gasteiger partial charge in [-0.3, -0.25) is 4.90 Å². The lowest BCUT2D eigenvalue weighted by Crippen LogP contribution is -2.55. The fourth-order valence-electron chi connectivity index (χ4n) is 3.10. The highest BCUT2D eigenvalue weighted by molar-refractivity contribution is 7.80. The normalized spacial score (nSPS) is 20.8. The summed E-state index contributed by atoms with van der Waals surface area (Å²) in [6, 6.07) is 7.59. The lowest BCUT2D eigenvalue weighted by atomic mass is 9.91. The van der Waals surface area contributed by atoms with Gasteiger partial charge >= 0.3 is 5.97 Å². The van der Waals surface area contributed by atoms with Crippen molar-refractivity contribution in [2.45, 2.75) is 39.8 Å². The first-order valence-electron chi connectivity index (χ1n) is 8.35. The number of hydrogen-bond acceptors (Lipinski definition) is 4. The molecule has 0 aromatic heterocycles. The van der Waals surface area contributed by atoms with Gasteiger partial charge in [0.05, 0.1) is 12.2 Å². The number of anilines is 1. The molecule has 0 unspecified atom stereocenters. The van der Waals surface area contributed by atoms with E-state index >= 15 is 0 Å². The largest absolute Gasteiger partial charge is 0.463 e. The van der Waals surface area contributed by atoms with Crippen molar-refractivity contribution in [3.8, 4) is 0 Å². The lowest BCUT2D eigenvalue weighted by molar-refractivity contribution is -0.139. The first-order chi connectivity index (χ1) is 11.9. The molecule has 2 aliphatic heterocycles. The minimum atomic E-state index is -0.359. The third-order valence-electron chi connectivity index (χ3n) is 4.05. The molecule has 1 aromatic carbocycles. The van der Waals surface area contributed by atoms with Gasteiger partial charge in [-0.2, -0.15) is 0 Å². The maximum atomic E-state index is 12.7. The number of benzene rings is 1. The standard InChI is InChI=1S/C18H22N4O2S/c1-5-24-16(23)14-11(4)20-18(25)22-15(14)12-8-6-7-9-13(12)21-17(22)19-10(2)3/h6-10,15H,5H2,1-4H3,(H,19,21)(H,20,25)/t15-/m0/s1. The number of para-hydroxylation sites is 1. The molecule has 1 aromatic rings. The molecule has 2 N–H and O–H groups in total. The van der Waals surface area contributed by atoms with Crippen molar-refractivity contribution in [3.05, 3.63) is 41.1 Å². The van der Waals surface area contributed by atoms with Crippen LogP contribution in [0.4, 0.5) is 5.69 Å². The van der Waals surface area contributed by atoms with Gasteiger partial charge in [-0.15, -0.1) is 0 Å². The van der Waals surface area contributed by atoms with Crippen LogP contribution in [0, 0.1) is 0 Å². The van der Waals surface area contributed by atoms with E-state index in [1.807, 2.05) is 49.9 Å². The predicted octanol–water partition coefficient (Wildman–Crippen LogP) is 2.94. The average Bonchev–Trinajstić information content (AvgIpc) is 2.54. The van der Waals surface area contributed by atoms with Crippen LogP contribution < -0.4 is 10.6 Å². The van der Waals surface area contributed by atoms with Gasteiger partial charge in [-0.1, -0.05) is 18.2 Å². The van der Waals surface area contributed by atoms with Gasteiger partial charge in [-0.25, -0.2) is 9.79 Å². The van der Waals surface area contributed by atoms with Gasteiger partial charge in [-0.05, 0) is 46.0 Å².